The zero-order chi connectivity index (χ0) is 15.1. The van der Waals surface area contributed by atoms with Gasteiger partial charge in [-0.3, -0.25) is 4.79 Å². The predicted molar refractivity (Wildman–Crippen MR) is 85.2 cm³/mol. The zero-order valence-corrected chi connectivity index (χ0v) is 13.5. The van der Waals surface area contributed by atoms with Crippen LogP contribution in [0.2, 0.25) is 0 Å². The maximum Gasteiger partial charge on any atom is 0.158 e. The monoisotopic (exact) mass is 299 g/mol. The maximum atomic E-state index is 12.9. The Kier molecular flexibility index (Phi) is 3.61. The Bertz CT molecular complexity index is 616. The number of hydrogen-bond acceptors (Lipinski definition) is 3. The Morgan fingerprint density at radius 2 is 2.10 bits per heavy atom. The van der Waals surface area contributed by atoms with Crippen LogP contribution in [0.5, 0.6) is 0 Å². The molecule has 3 heteroatoms. The second-order valence-corrected chi connectivity index (χ2v) is 8.07. The van der Waals surface area contributed by atoms with Gasteiger partial charge in [-0.1, -0.05) is 38.5 Å². The van der Waals surface area contributed by atoms with Crippen molar-refractivity contribution in [3.8, 4) is 6.07 Å². The minimum absolute atomic E-state index is 0.165. The molecule has 2 nitrogen and oxygen atoms in total. The molecule has 1 aliphatic heterocycles. The number of benzene rings is 1. The number of rotatable bonds is 2. The lowest BCUT2D eigenvalue weighted by atomic mass is 9.60. The molecular weight excluding hydrogens is 278 g/mol. The third kappa shape index (κ3) is 2.40. The molecule has 1 aromatic carbocycles. The minimum Gasteiger partial charge on any atom is -0.297 e. The summed E-state index contributed by atoms with van der Waals surface area (Å²) in [4.78, 5) is 14.2. The topological polar surface area (TPSA) is 40.9 Å². The van der Waals surface area contributed by atoms with Crippen molar-refractivity contribution in [3.05, 3.63) is 29.8 Å². The van der Waals surface area contributed by atoms with E-state index in [9.17, 15) is 10.1 Å². The van der Waals surface area contributed by atoms with Crippen molar-refractivity contribution in [2.24, 2.45) is 10.8 Å². The molecule has 110 valence electrons. The summed E-state index contributed by atoms with van der Waals surface area (Å²) in [7, 11) is 0. The molecule has 0 N–H and O–H groups in total. The van der Waals surface area contributed by atoms with E-state index in [0.29, 0.717) is 12.3 Å². The molecule has 0 saturated heterocycles. The number of ketones is 1. The number of carbonyl (C=O) groups is 1. The largest absolute Gasteiger partial charge is 0.297 e. The summed E-state index contributed by atoms with van der Waals surface area (Å²) in [5.74, 6) is 1.50. The van der Waals surface area contributed by atoms with Gasteiger partial charge >= 0.3 is 0 Å². The van der Waals surface area contributed by atoms with Gasteiger partial charge < -0.3 is 0 Å². The van der Waals surface area contributed by atoms with Crippen molar-refractivity contribution in [1.82, 2.24) is 0 Å². The molecule has 0 amide bonds. The Morgan fingerprint density at radius 1 is 1.33 bits per heavy atom. The summed E-state index contributed by atoms with van der Waals surface area (Å²) in [5.41, 5.74) is 0.206. The average Bonchev–Trinajstić information content (AvgIpc) is 2.87. The van der Waals surface area contributed by atoms with Gasteiger partial charge in [0.15, 0.2) is 5.78 Å². The van der Waals surface area contributed by atoms with E-state index in [2.05, 4.69) is 30.3 Å². The Morgan fingerprint density at radius 3 is 2.86 bits per heavy atom. The lowest BCUT2D eigenvalue weighted by molar-refractivity contribution is -0.138. The van der Waals surface area contributed by atoms with Crippen LogP contribution in [0, 0.1) is 22.2 Å². The van der Waals surface area contributed by atoms with Crippen molar-refractivity contribution in [1.29, 1.82) is 5.26 Å². The summed E-state index contributed by atoms with van der Waals surface area (Å²) in [6.07, 6.45) is 3.31. The predicted octanol–water partition coefficient (Wildman–Crippen LogP) is 4.56. The lowest BCUT2D eigenvalue weighted by Crippen LogP contribution is -2.44. The van der Waals surface area contributed by atoms with Crippen molar-refractivity contribution in [2.75, 3.05) is 5.75 Å². The van der Waals surface area contributed by atoms with Crippen LogP contribution in [0.1, 0.15) is 51.0 Å². The number of fused-ring (bicyclic) bond motifs is 1. The van der Waals surface area contributed by atoms with Crippen LogP contribution in [0.25, 0.3) is 0 Å². The molecule has 21 heavy (non-hydrogen) atoms. The molecule has 0 bridgehead atoms. The molecule has 2 aliphatic rings. The van der Waals surface area contributed by atoms with E-state index in [0.717, 1.165) is 25.0 Å². The number of nitrogens with zero attached hydrogens (tertiary/aromatic N) is 1. The van der Waals surface area contributed by atoms with Crippen molar-refractivity contribution in [3.63, 3.8) is 0 Å². The molecule has 1 heterocycles. The fourth-order valence-electron chi connectivity index (χ4n) is 3.87. The Labute approximate surface area is 130 Å². The van der Waals surface area contributed by atoms with Crippen LogP contribution >= 0.6 is 11.8 Å². The molecule has 1 aliphatic carbocycles. The SMILES string of the molecule is CC1(C)CCCC(C#N)(CC2CSc3ccccc32)C1=O. The van der Waals surface area contributed by atoms with Crippen LogP contribution in [-0.4, -0.2) is 11.5 Å². The van der Waals surface area contributed by atoms with E-state index in [-0.39, 0.29) is 11.2 Å². The van der Waals surface area contributed by atoms with E-state index in [1.807, 2.05) is 25.6 Å². The lowest BCUT2D eigenvalue weighted by Gasteiger charge is -2.40. The van der Waals surface area contributed by atoms with Gasteiger partial charge in [-0.05, 0) is 36.8 Å². The van der Waals surface area contributed by atoms with E-state index in [1.54, 1.807) is 0 Å². The second-order valence-electron chi connectivity index (χ2n) is 7.01. The van der Waals surface area contributed by atoms with E-state index >= 15 is 0 Å². The first-order valence-electron chi connectivity index (χ1n) is 7.66. The second kappa shape index (κ2) is 5.18. The smallest absolute Gasteiger partial charge is 0.158 e. The molecule has 0 spiro atoms. The van der Waals surface area contributed by atoms with Crippen LogP contribution in [0.3, 0.4) is 0 Å². The molecule has 1 saturated carbocycles. The Balaban J connectivity index is 1.89. The van der Waals surface area contributed by atoms with Crippen LogP contribution < -0.4 is 0 Å². The summed E-state index contributed by atoms with van der Waals surface area (Å²) >= 11 is 1.85. The molecular formula is C18H21NOS. The van der Waals surface area contributed by atoms with Gasteiger partial charge in [0, 0.05) is 16.1 Å². The van der Waals surface area contributed by atoms with Gasteiger partial charge in [-0.2, -0.15) is 5.26 Å². The molecule has 2 atom stereocenters. The minimum atomic E-state index is -0.773. The first-order valence-corrected chi connectivity index (χ1v) is 8.65. The van der Waals surface area contributed by atoms with Gasteiger partial charge in [0.1, 0.15) is 5.41 Å². The fraction of sp³-hybridized carbons (Fsp3) is 0.556. The third-order valence-corrected chi connectivity index (χ3v) is 6.31. The molecule has 1 aromatic rings. The van der Waals surface area contributed by atoms with Gasteiger partial charge in [0.25, 0.3) is 0 Å². The number of thioether (sulfide) groups is 1. The molecule has 2 unspecified atom stereocenters. The normalized spacial score (nSPS) is 30.7. The summed E-state index contributed by atoms with van der Waals surface area (Å²) in [6, 6.07) is 10.8. The first kappa shape index (κ1) is 14.7. The van der Waals surface area contributed by atoms with E-state index in [4.69, 9.17) is 0 Å². The van der Waals surface area contributed by atoms with Gasteiger partial charge in [-0.25, -0.2) is 0 Å². The number of Topliss-reactive ketones (excluding diaryl/α,β-unsaturated/α-hetero) is 1. The highest BCUT2D eigenvalue weighted by Crippen LogP contribution is 2.51. The maximum absolute atomic E-state index is 12.9. The summed E-state index contributed by atoms with van der Waals surface area (Å²) in [5, 5.41) is 9.77. The third-order valence-electron chi connectivity index (χ3n) is 5.06. The molecule has 3 rings (SSSR count). The highest BCUT2D eigenvalue weighted by Gasteiger charge is 2.50. The average molecular weight is 299 g/mol. The number of nitriles is 1. The standard InChI is InChI=1S/C18H21NOS/c1-17(2)8-5-9-18(12-19,16(17)20)10-13-11-21-15-7-4-3-6-14(13)15/h3-4,6-7,13H,5,8-11H2,1-2H3. The molecule has 1 fully saturated rings. The van der Waals surface area contributed by atoms with Crippen LogP contribution in [-0.2, 0) is 4.79 Å². The fourth-order valence-corrected chi connectivity index (χ4v) is 5.13. The van der Waals surface area contributed by atoms with Gasteiger partial charge in [0.2, 0.25) is 0 Å². The van der Waals surface area contributed by atoms with Crippen molar-refractivity contribution in [2.45, 2.75) is 50.3 Å². The van der Waals surface area contributed by atoms with Gasteiger partial charge in [-0.15, -0.1) is 11.8 Å². The van der Waals surface area contributed by atoms with Crippen LogP contribution in [0.15, 0.2) is 29.2 Å². The Hall–Kier alpha value is -1.27. The molecule has 0 radical (unpaired) electrons. The quantitative estimate of drug-likeness (QED) is 0.804. The van der Waals surface area contributed by atoms with Crippen molar-refractivity contribution < 1.29 is 4.79 Å². The van der Waals surface area contributed by atoms with Gasteiger partial charge in [0.05, 0.1) is 6.07 Å². The summed E-state index contributed by atoms with van der Waals surface area (Å²) < 4.78 is 0. The summed E-state index contributed by atoms with van der Waals surface area (Å²) in [6.45, 7) is 4.00. The van der Waals surface area contributed by atoms with E-state index in [1.165, 1.54) is 10.5 Å². The molecule has 0 aromatic heterocycles. The van der Waals surface area contributed by atoms with Crippen LogP contribution in [0.4, 0.5) is 0 Å². The highest BCUT2D eigenvalue weighted by atomic mass is 32.2. The first-order chi connectivity index (χ1) is 9.98. The van der Waals surface area contributed by atoms with Crippen molar-refractivity contribution >= 4 is 17.5 Å². The highest BCUT2D eigenvalue weighted by molar-refractivity contribution is 7.99. The zero-order valence-electron chi connectivity index (χ0n) is 12.7. The number of carbonyl (C=O) groups excluding carboxylic acids is 1. The van der Waals surface area contributed by atoms with E-state index < -0.39 is 5.41 Å². The number of hydrogen-bond donors (Lipinski definition) is 0.